The number of ketones is 1. The Morgan fingerprint density at radius 1 is 1.17 bits per heavy atom. The number of hydrogen-bond acceptors (Lipinski definition) is 2. The second kappa shape index (κ2) is 6.47. The van der Waals surface area contributed by atoms with Crippen LogP contribution in [0.4, 0.5) is 0 Å². The third-order valence-corrected chi connectivity index (χ3v) is 4.36. The van der Waals surface area contributed by atoms with Crippen molar-refractivity contribution < 1.29 is 9.53 Å². The molecule has 0 unspecified atom stereocenters. The van der Waals surface area contributed by atoms with Gasteiger partial charge < -0.3 is 9.30 Å². The molecular weight excluding hydrogens is 310 g/mol. The molecule has 1 aromatic heterocycles. The molecule has 4 heteroatoms. The molecular formula is C19H18ClNO2. The first-order valence-electron chi connectivity index (χ1n) is 7.45. The molecule has 0 aliphatic rings. The number of ether oxygens (including phenoxy) is 1. The maximum atomic E-state index is 12.3. The van der Waals surface area contributed by atoms with Crippen LogP contribution in [0.5, 0.6) is 5.75 Å². The molecule has 0 aliphatic carbocycles. The van der Waals surface area contributed by atoms with Crippen LogP contribution >= 0.6 is 11.6 Å². The Labute approximate surface area is 140 Å². The fourth-order valence-corrected chi connectivity index (χ4v) is 3.11. The Hall–Kier alpha value is -2.26. The van der Waals surface area contributed by atoms with Gasteiger partial charge in [0, 0.05) is 28.7 Å². The highest BCUT2D eigenvalue weighted by molar-refractivity contribution is 6.32. The second-order valence-electron chi connectivity index (χ2n) is 5.47. The van der Waals surface area contributed by atoms with Crippen molar-refractivity contribution in [3.05, 3.63) is 65.4 Å². The predicted molar refractivity (Wildman–Crippen MR) is 93.8 cm³/mol. The zero-order chi connectivity index (χ0) is 16.4. The maximum absolute atomic E-state index is 12.3. The van der Waals surface area contributed by atoms with Crippen molar-refractivity contribution in [2.24, 2.45) is 0 Å². The Balaban J connectivity index is 2.21. The van der Waals surface area contributed by atoms with E-state index in [1.807, 2.05) is 43.3 Å². The van der Waals surface area contributed by atoms with Crippen LogP contribution in [0.1, 0.15) is 21.6 Å². The lowest BCUT2D eigenvalue weighted by atomic mass is 10.1. The molecule has 1 heterocycles. The first kappa shape index (κ1) is 15.6. The molecule has 3 nitrogen and oxygen atoms in total. The zero-order valence-corrected chi connectivity index (χ0v) is 13.9. The van der Waals surface area contributed by atoms with E-state index in [0.717, 1.165) is 22.3 Å². The molecule has 3 rings (SSSR count). The topological polar surface area (TPSA) is 31.2 Å². The summed E-state index contributed by atoms with van der Waals surface area (Å²) in [7, 11) is 1.62. The number of nitrogens with zero attached hydrogens (tertiary/aromatic N) is 1. The maximum Gasteiger partial charge on any atom is 0.180 e. The number of aromatic nitrogens is 1. The minimum Gasteiger partial charge on any atom is -0.497 e. The fourth-order valence-electron chi connectivity index (χ4n) is 2.98. The Morgan fingerprint density at radius 2 is 1.91 bits per heavy atom. The third kappa shape index (κ3) is 2.84. The number of carbonyl (C=O) groups is 1. The molecule has 0 saturated heterocycles. The van der Waals surface area contributed by atoms with Gasteiger partial charge in [0.25, 0.3) is 0 Å². The normalized spacial score (nSPS) is 10.9. The lowest BCUT2D eigenvalue weighted by molar-refractivity contribution is 0.102. The number of benzene rings is 2. The summed E-state index contributed by atoms with van der Waals surface area (Å²) in [5.74, 6) is 0.648. The van der Waals surface area contributed by atoms with E-state index >= 15 is 0 Å². The van der Waals surface area contributed by atoms with Crippen LogP contribution in [-0.4, -0.2) is 23.3 Å². The van der Waals surface area contributed by atoms with Gasteiger partial charge in [-0.1, -0.05) is 30.3 Å². The smallest absolute Gasteiger partial charge is 0.180 e. The van der Waals surface area contributed by atoms with Crippen molar-refractivity contribution in [2.45, 2.75) is 13.5 Å². The highest BCUT2D eigenvalue weighted by Crippen LogP contribution is 2.30. The predicted octanol–water partition coefficient (Wildman–Crippen LogP) is 4.43. The molecule has 0 fully saturated rings. The van der Waals surface area contributed by atoms with Crippen LogP contribution in [0.15, 0.2) is 48.5 Å². The van der Waals surface area contributed by atoms with Gasteiger partial charge in [0.05, 0.1) is 13.0 Å². The summed E-state index contributed by atoms with van der Waals surface area (Å²) < 4.78 is 7.46. The van der Waals surface area contributed by atoms with Crippen LogP contribution in [-0.2, 0) is 6.54 Å². The van der Waals surface area contributed by atoms with Gasteiger partial charge >= 0.3 is 0 Å². The summed E-state index contributed by atoms with van der Waals surface area (Å²) in [5.41, 5.74) is 3.82. The number of halogens is 1. The zero-order valence-electron chi connectivity index (χ0n) is 13.2. The van der Waals surface area contributed by atoms with Crippen LogP contribution < -0.4 is 4.74 Å². The molecule has 0 amide bonds. The highest BCUT2D eigenvalue weighted by Gasteiger charge is 2.19. The number of hydrogen-bond donors (Lipinski definition) is 0. The van der Waals surface area contributed by atoms with Gasteiger partial charge in [-0.25, -0.2) is 0 Å². The number of alkyl halides is 1. The largest absolute Gasteiger partial charge is 0.497 e. The Kier molecular flexibility index (Phi) is 4.39. The van der Waals surface area contributed by atoms with E-state index in [1.165, 1.54) is 5.56 Å². The van der Waals surface area contributed by atoms with Crippen molar-refractivity contribution in [2.75, 3.05) is 13.0 Å². The first-order valence-corrected chi connectivity index (χ1v) is 7.99. The van der Waals surface area contributed by atoms with Crippen LogP contribution in [0, 0.1) is 6.92 Å². The molecule has 2 aromatic carbocycles. The Morgan fingerprint density at radius 3 is 2.57 bits per heavy atom. The summed E-state index contributed by atoms with van der Waals surface area (Å²) in [4.78, 5) is 12.3. The molecule has 23 heavy (non-hydrogen) atoms. The van der Waals surface area contributed by atoms with Crippen LogP contribution in [0.25, 0.3) is 10.9 Å². The summed E-state index contributed by atoms with van der Waals surface area (Å²) in [6.07, 6.45) is 0. The third-order valence-electron chi connectivity index (χ3n) is 4.11. The monoisotopic (exact) mass is 327 g/mol. The van der Waals surface area contributed by atoms with Crippen LogP contribution in [0.2, 0.25) is 0 Å². The quantitative estimate of drug-likeness (QED) is 0.513. The average molecular weight is 328 g/mol. The lowest BCUT2D eigenvalue weighted by Crippen LogP contribution is -2.06. The SMILES string of the molecule is COc1ccc2c(c1)c(C(=O)CCl)c(C)n2Cc1ccccc1. The first-order chi connectivity index (χ1) is 11.2. The minimum absolute atomic E-state index is 0.0253. The van der Waals surface area contributed by atoms with Crippen molar-refractivity contribution in [1.29, 1.82) is 0 Å². The molecule has 0 N–H and O–H groups in total. The molecule has 0 spiro atoms. The van der Waals surface area contributed by atoms with Crippen molar-refractivity contribution >= 4 is 28.3 Å². The van der Waals surface area contributed by atoms with E-state index in [0.29, 0.717) is 12.1 Å². The fraction of sp³-hybridized carbons (Fsp3) is 0.211. The van der Waals surface area contributed by atoms with E-state index in [1.54, 1.807) is 7.11 Å². The number of Topliss-reactive ketones (excluding diaryl/α,β-unsaturated/α-hetero) is 1. The number of carbonyl (C=O) groups excluding carboxylic acids is 1. The molecule has 118 valence electrons. The van der Waals surface area contributed by atoms with Gasteiger partial charge in [-0.15, -0.1) is 11.6 Å². The molecule has 0 atom stereocenters. The van der Waals surface area contributed by atoms with Crippen molar-refractivity contribution in [1.82, 2.24) is 4.57 Å². The summed E-state index contributed by atoms with van der Waals surface area (Å²) in [5, 5.41) is 0.892. The van der Waals surface area contributed by atoms with Gasteiger partial charge in [-0.3, -0.25) is 4.79 Å². The molecule has 0 bridgehead atoms. The molecule has 0 saturated carbocycles. The Bertz CT molecular complexity index is 853. The lowest BCUT2D eigenvalue weighted by Gasteiger charge is -2.09. The summed E-state index contributed by atoms with van der Waals surface area (Å²) in [6.45, 7) is 2.68. The van der Waals surface area contributed by atoms with Crippen molar-refractivity contribution in [3.63, 3.8) is 0 Å². The number of methoxy groups -OCH3 is 1. The summed E-state index contributed by atoms with van der Waals surface area (Å²) in [6, 6.07) is 16.0. The van der Waals surface area contributed by atoms with E-state index in [2.05, 4.69) is 16.7 Å². The number of rotatable bonds is 5. The second-order valence-corrected chi connectivity index (χ2v) is 5.74. The van der Waals surface area contributed by atoms with E-state index < -0.39 is 0 Å². The van der Waals surface area contributed by atoms with E-state index in [4.69, 9.17) is 16.3 Å². The van der Waals surface area contributed by atoms with Crippen LogP contribution in [0.3, 0.4) is 0 Å². The molecule has 3 aromatic rings. The highest BCUT2D eigenvalue weighted by atomic mass is 35.5. The van der Waals surface area contributed by atoms with Gasteiger partial charge in [-0.2, -0.15) is 0 Å². The van der Waals surface area contributed by atoms with Gasteiger partial charge in [0.1, 0.15) is 5.75 Å². The van der Waals surface area contributed by atoms with Gasteiger partial charge in [0.15, 0.2) is 5.78 Å². The van der Waals surface area contributed by atoms with Crippen molar-refractivity contribution in [3.8, 4) is 5.75 Å². The molecule has 0 radical (unpaired) electrons. The van der Waals surface area contributed by atoms with Gasteiger partial charge in [0.2, 0.25) is 0 Å². The van der Waals surface area contributed by atoms with Gasteiger partial charge in [-0.05, 0) is 30.7 Å². The standard InChI is InChI=1S/C19H18ClNO2/c1-13-19(18(22)11-20)16-10-15(23-2)8-9-17(16)21(13)12-14-6-4-3-5-7-14/h3-10H,11-12H2,1-2H3. The van der Waals surface area contributed by atoms with E-state index in [9.17, 15) is 4.79 Å². The molecule has 0 aliphatic heterocycles. The average Bonchev–Trinajstić information content (AvgIpc) is 2.86. The summed E-state index contributed by atoms with van der Waals surface area (Å²) >= 11 is 5.81. The minimum atomic E-state index is -0.0609. The number of fused-ring (bicyclic) bond motifs is 1. The van der Waals surface area contributed by atoms with E-state index in [-0.39, 0.29) is 11.7 Å².